The molecule has 0 bridgehead atoms. The molecular weight excluding hydrogens is 267 g/mol. The van der Waals surface area contributed by atoms with E-state index in [1.54, 1.807) is 12.1 Å². The monoisotopic (exact) mass is 280 g/mol. The van der Waals surface area contributed by atoms with Crippen molar-refractivity contribution in [2.45, 2.75) is 13.5 Å². The summed E-state index contributed by atoms with van der Waals surface area (Å²) in [6.07, 6.45) is 1.93. The third kappa shape index (κ3) is 2.56. The Balaban J connectivity index is 1.80. The molecule has 3 aromatic rings. The van der Waals surface area contributed by atoms with E-state index < -0.39 is 5.82 Å². The molecule has 1 aromatic carbocycles. The van der Waals surface area contributed by atoms with Gasteiger partial charge in [-0.15, -0.1) is 0 Å². The number of hydrogen-bond donors (Lipinski definition) is 1. The van der Waals surface area contributed by atoms with Crippen molar-refractivity contribution in [3.8, 4) is 6.07 Å². The van der Waals surface area contributed by atoms with Crippen LogP contribution in [0.5, 0.6) is 0 Å². The second-order valence-electron chi connectivity index (χ2n) is 4.79. The number of nitrogens with zero attached hydrogens (tertiary/aromatic N) is 3. The van der Waals surface area contributed by atoms with Crippen molar-refractivity contribution in [2.24, 2.45) is 0 Å². The number of anilines is 1. The number of nitrogens with one attached hydrogen (secondary N) is 1. The first-order chi connectivity index (χ1) is 10.2. The van der Waals surface area contributed by atoms with Crippen LogP contribution in [0.2, 0.25) is 0 Å². The predicted molar refractivity (Wildman–Crippen MR) is 78.4 cm³/mol. The summed E-state index contributed by atoms with van der Waals surface area (Å²) < 4.78 is 15.8. The Kier molecular flexibility index (Phi) is 3.28. The van der Waals surface area contributed by atoms with Crippen molar-refractivity contribution in [3.63, 3.8) is 0 Å². The van der Waals surface area contributed by atoms with Gasteiger partial charge in [0.1, 0.15) is 11.5 Å². The van der Waals surface area contributed by atoms with E-state index in [1.165, 1.54) is 6.07 Å². The molecule has 0 amide bonds. The Labute approximate surface area is 121 Å². The van der Waals surface area contributed by atoms with Crippen LogP contribution in [0.1, 0.15) is 17.0 Å². The number of aryl methyl sites for hydroxylation is 1. The number of benzene rings is 1. The first-order valence-electron chi connectivity index (χ1n) is 6.54. The minimum atomic E-state index is -0.436. The van der Waals surface area contributed by atoms with Gasteiger partial charge >= 0.3 is 0 Å². The van der Waals surface area contributed by atoms with Gasteiger partial charge in [-0.3, -0.25) is 0 Å². The van der Waals surface area contributed by atoms with Crippen molar-refractivity contribution in [3.05, 3.63) is 65.4 Å². The molecule has 4 nitrogen and oxygen atoms in total. The molecule has 5 heteroatoms. The number of hydrogen-bond acceptors (Lipinski definition) is 3. The van der Waals surface area contributed by atoms with Crippen LogP contribution in [0.4, 0.5) is 10.1 Å². The van der Waals surface area contributed by atoms with Crippen molar-refractivity contribution < 1.29 is 4.39 Å². The molecule has 21 heavy (non-hydrogen) atoms. The van der Waals surface area contributed by atoms with E-state index in [-0.39, 0.29) is 0 Å². The molecule has 0 spiro atoms. The Morgan fingerprint density at radius 1 is 1.33 bits per heavy atom. The third-order valence-corrected chi connectivity index (χ3v) is 3.30. The van der Waals surface area contributed by atoms with Crippen LogP contribution in [-0.4, -0.2) is 9.38 Å². The fourth-order valence-electron chi connectivity index (χ4n) is 2.20. The van der Waals surface area contributed by atoms with Crippen LogP contribution in [0.3, 0.4) is 0 Å². The first kappa shape index (κ1) is 13.1. The number of fused-ring (bicyclic) bond motifs is 1. The van der Waals surface area contributed by atoms with Gasteiger partial charge in [-0.2, -0.15) is 5.26 Å². The molecular formula is C16H13FN4. The molecule has 0 aliphatic carbocycles. The van der Waals surface area contributed by atoms with Gasteiger partial charge in [-0.05, 0) is 37.3 Å². The smallest absolute Gasteiger partial charge is 0.147 e. The molecule has 104 valence electrons. The van der Waals surface area contributed by atoms with Gasteiger partial charge in [0.15, 0.2) is 0 Å². The lowest BCUT2D eigenvalue weighted by atomic mass is 10.2. The molecule has 3 rings (SSSR count). The highest BCUT2D eigenvalue weighted by molar-refractivity contribution is 5.49. The van der Waals surface area contributed by atoms with Gasteiger partial charge in [0.25, 0.3) is 0 Å². The van der Waals surface area contributed by atoms with Crippen molar-refractivity contribution in [1.29, 1.82) is 5.26 Å². The molecule has 2 aromatic heterocycles. The second kappa shape index (κ2) is 5.25. The zero-order chi connectivity index (χ0) is 14.8. The second-order valence-corrected chi connectivity index (χ2v) is 4.79. The van der Waals surface area contributed by atoms with E-state index in [2.05, 4.69) is 10.3 Å². The number of nitriles is 1. The van der Waals surface area contributed by atoms with Crippen LogP contribution >= 0.6 is 0 Å². The zero-order valence-corrected chi connectivity index (χ0v) is 11.5. The average Bonchev–Trinajstić information content (AvgIpc) is 2.90. The molecule has 0 saturated carbocycles. The lowest BCUT2D eigenvalue weighted by Gasteiger charge is -2.05. The molecule has 1 N–H and O–H groups in total. The molecule has 0 aliphatic heterocycles. The fraction of sp³-hybridized carbons (Fsp3) is 0.125. The summed E-state index contributed by atoms with van der Waals surface area (Å²) in [7, 11) is 0. The molecule has 0 unspecified atom stereocenters. The number of halogens is 1. The largest absolute Gasteiger partial charge is 0.377 e. The van der Waals surface area contributed by atoms with Crippen LogP contribution in [-0.2, 0) is 6.54 Å². The van der Waals surface area contributed by atoms with Crippen LogP contribution in [0, 0.1) is 24.1 Å². The van der Waals surface area contributed by atoms with E-state index >= 15 is 0 Å². The van der Waals surface area contributed by atoms with E-state index in [0.29, 0.717) is 17.8 Å². The van der Waals surface area contributed by atoms with E-state index in [9.17, 15) is 4.39 Å². The average molecular weight is 280 g/mol. The molecule has 0 radical (unpaired) electrons. The molecule has 0 fully saturated rings. The quantitative estimate of drug-likeness (QED) is 0.801. The highest BCUT2D eigenvalue weighted by Crippen LogP contribution is 2.17. The number of imidazole rings is 1. The molecule has 2 heterocycles. The van der Waals surface area contributed by atoms with E-state index in [0.717, 1.165) is 17.0 Å². The van der Waals surface area contributed by atoms with Gasteiger partial charge in [0.05, 0.1) is 29.6 Å². The van der Waals surface area contributed by atoms with Crippen molar-refractivity contribution in [2.75, 3.05) is 5.32 Å². The van der Waals surface area contributed by atoms with Gasteiger partial charge < -0.3 is 9.72 Å². The predicted octanol–water partition coefficient (Wildman–Crippen LogP) is 3.27. The third-order valence-electron chi connectivity index (χ3n) is 3.30. The van der Waals surface area contributed by atoms with Crippen LogP contribution in [0.15, 0.2) is 42.6 Å². The first-order valence-corrected chi connectivity index (χ1v) is 6.54. The normalized spacial score (nSPS) is 10.5. The molecule has 0 aliphatic rings. The lowest BCUT2D eigenvalue weighted by Crippen LogP contribution is -2.01. The van der Waals surface area contributed by atoms with E-state index in [1.807, 2.05) is 41.8 Å². The fourth-order valence-corrected chi connectivity index (χ4v) is 2.20. The van der Waals surface area contributed by atoms with Crippen molar-refractivity contribution in [1.82, 2.24) is 9.38 Å². The lowest BCUT2D eigenvalue weighted by molar-refractivity contribution is 0.629. The Hall–Kier alpha value is -2.87. The Morgan fingerprint density at radius 2 is 2.19 bits per heavy atom. The Bertz CT molecular complexity index is 845. The maximum absolute atomic E-state index is 13.8. The maximum atomic E-state index is 13.8. The maximum Gasteiger partial charge on any atom is 0.147 e. The highest BCUT2D eigenvalue weighted by atomic mass is 19.1. The van der Waals surface area contributed by atoms with E-state index in [4.69, 9.17) is 5.26 Å². The summed E-state index contributed by atoms with van der Waals surface area (Å²) in [6.45, 7) is 2.43. The molecule has 0 saturated heterocycles. The Morgan fingerprint density at radius 3 is 2.90 bits per heavy atom. The topological polar surface area (TPSA) is 53.1 Å². The summed E-state index contributed by atoms with van der Waals surface area (Å²) >= 11 is 0. The summed E-state index contributed by atoms with van der Waals surface area (Å²) in [4.78, 5) is 4.48. The number of pyridine rings is 1. The summed E-state index contributed by atoms with van der Waals surface area (Å²) in [5.74, 6) is -0.436. The summed E-state index contributed by atoms with van der Waals surface area (Å²) in [5.41, 5.74) is 3.46. The summed E-state index contributed by atoms with van der Waals surface area (Å²) in [5, 5.41) is 11.7. The molecule has 0 atom stereocenters. The number of rotatable bonds is 3. The van der Waals surface area contributed by atoms with Gasteiger partial charge in [0.2, 0.25) is 0 Å². The minimum absolute atomic E-state index is 0.307. The minimum Gasteiger partial charge on any atom is -0.377 e. The standard InChI is InChI=1S/C16H13FN4/c1-11-3-2-4-16-20-13(10-21(11)16)9-19-15-6-5-12(8-18)7-14(15)17/h2-7,10,19H,9H2,1H3. The summed E-state index contributed by atoms with van der Waals surface area (Å²) in [6, 6.07) is 12.2. The highest BCUT2D eigenvalue weighted by Gasteiger charge is 2.06. The number of aromatic nitrogens is 2. The van der Waals surface area contributed by atoms with Crippen LogP contribution < -0.4 is 5.32 Å². The van der Waals surface area contributed by atoms with Gasteiger partial charge in [0, 0.05) is 11.9 Å². The van der Waals surface area contributed by atoms with Crippen molar-refractivity contribution >= 4 is 11.3 Å². The van der Waals surface area contributed by atoms with Gasteiger partial charge in [-0.25, -0.2) is 9.37 Å². The zero-order valence-electron chi connectivity index (χ0n) is 11.5. The van der Waals surface area contributed by atoms with Gasteiger partial charge in [-0.1, -0.05) is 6.07 Å². The van der Waals surface area contributed by atoms with Crippen LogP contribution in [0.25, 0.3) is 5.65 Å². The SMILES string of the molecule is Cc1cccc2nc(CNc3ccc(C#N)cc3F)cn12.